The van der Waals surface area contributed by atoms with Crippen LogP contribution in [-0.2, 0) is 16.2 Å². The Morgan fingerprint density at radius 3 is 2.50 bits per heavy atom. The van der Waals surface area contributed by atoms with Gasteiger partial charge in [-0.25, -0.2) is 18.1 Å². The van der Waals surface area contributed by atoms with Gasteiger partial charge in [0.05, 0.1) is 16.2 Å². The summed E-state index contributed by atoms with van der Waals surface area (Å²) < 4.78 is 84.3. The molecule has 7 nitrogen and oxygen atoms in total. The molecule has 0 saturated heterocycles. The summed E-state index contributed by atoms with van der Waals surface area (Å²) in [6, 6.07) is 5.57. The SMILES string of the molecule is O=S(=O)(N[C@H]1CCC[C@@H](n2cnnc2)C1)c1cc(-c2cccc(F)n2)cc(C(F)(F)F)c1. The number of hydrogen-bond acceptors (Lipinski definition) is 5. The number of nitrogens with one attached hydrogen (secondary N) is 1. The molecule has 1 N–H and O–H groups in total. The predicted octanol–water partition coefficient (Wildman–Crippen LogP) is 3.96. The molecule has 3 aromatic rings. The monoisotopic (exact) mass is 469 g/mol. The fourth-order valence-corrected chi connectivity index (χ4v) is 5.21. The molecule has 0 unspecified atom stereocenters. The lowest BCUT2D eigenvalue weighted by atomic mass is 9.91. The van der Waals surface area contributed by atoms with Crippen LogP contribution >= 0.6 is 0 Å². The average molecular weight is 469 g/mol. The molecule has 4 rings (SSSR count). The Balaban J connectivity index is 1.65. The van der Waals surface area contributed by atoms with Crippen molar-refractivity contribution in [3.8, 4) is 11.3 Å². The van der Waals surface area contributed by atoms with E-state index in [1.54, 1.807) is 17.2 Å². The first kappa shape index (κ1) is 22.3. The van der Waals surface area contributed by atoms with Gasteiger partial charge >= 0.3 is 6.18 Å². The minimum Gasteiger partial charge on any atom is -0.317 e. The Labute approximate surface area is 181 Å². The third-order valence-corrected chi connectivity index (χ3v) is 6.88. The van der Waals surface area contributed by atoms with Crippen molar-refractivity contribution in [2.75, 3.05) is 0 Å². The first-order valence-electron chi connectivity index (χ1n) is 9.83. The van der Waals surface area contributed by atoms with Gasteiger partial charge in [-0.1, -0.05) is 6.07 Å². The van der Waals surface area contributed by atoms with E-state index < -0.39 is 38.6 Å². The van der Waals surface area contributed by atoms with Crippen LogP contribution in [0.3, 0.4) is 0 Å². The van der Waals surface area contributed by atoms with Gasteiger partial charge < -0.3 is 4.57 Å². The van der Waals surface area contributed by atoms with Gasteiger partial charge in [0.25, 0.3) is 0 Å². The first-order valence-corrected chi connectivity index (χ1v) is 11.3. The maximum atomic E-state index is 13.5. The zero-order valence-electron chi connectivity index (χ0n) is 16.6. The average Bonchev–Trinajstić information content (AvgIpc) is 3.28. The largest absolute Gasteiger partial charge is 0.416 e. The van der Waals surface area contributed by atoms with Crippen molar-refractivity contribution in [1.29, 1.82) is 0 Å². The molecule has 170 valence electrons. The molecule has 0 spiro atoms. The summed E-state index contributed by atoms with van der Waals surface area (Å²) in [7, 11) is -4.29. The number of aromatic nitrogens is 4. The van der Waals surface area contributed by atoms with Gasteiger partial charge in [0.15, 0.2) is 0 Å². The maximum Gasteiger partial charge on any atom is 0.416 e. The topological polar surface area (TPSA) is 89.8 Å². The minimum atomic E-state index is -4.79. The first-order chi connectivity index (χ1) is 15.1. The number of sulfonamides is 1. The van der Waals surface area contributed by atoms with E-state index >= 15 is 0 Å². The van der Waals surface area contributed by atoms with Crippen molar-refractivity contribution in [1.82, 2.24) is 24.5 Å². The molecule has 0 aliphatic heterocycles. The smallest absolute Gasteiger partial charge is 0.317 e. The van der Waals surface area contributed by atoms with Gasteiger partial charge in [0.1, 0.15) is 12.7 Å². The standard InChI is InChI=1S/C20H19F4N5O2S/c21-19-6-2-5-18(27-19)13-7-14(20(22,23)24)9-17(8-13)32(30,31)28-15-3-1-4-16(10-15)29-11-25-26-12-29/h2,5-9,11-12,15-16,28H,1,3-4,10H2/t15-,16+/m0/s1. The van der Waals surface area contributed by atoms with E-state index in [1.165, 1.54) is 12.1 Å². The number of hydrogen-bond donors (Lipinski definition) is 1. The van der Waals surface area contributed by atoms with Crippen molar-refractivity contribution in [3.05, 3.63) is 60.6 Å². The Kier molecular flexibility index (Phi) is 5.99. The Morgan fingerprint density at radius 1 is 1.06 bits per heavy atom. The highest BCUT2D eigenvalue weighted by molar-refractivity contribution is 7.89. The number of benzene rings is 1. The molecule has 2 atom stereocenters. The number of rotatable bonds is 5. The maximum absolute atomic E-state index is 13.5. The van der Waals surface area contributed by atoms with Crippen molar-refractivity contribution in [2.45, 2.75) is 48.8 Å². The third kappa shape index (κ3) is 4.96. The number of nitrogens with zero attached hydrogens (tertiary/aromatic N) is 4. The van der Waals surface area contributed by atoms with E-state index in [9.17, 15) is 26.0 Å². The second kappa shape index (κ2) is 8.58. The zero-order valence-corrected chi connectivity index (χ0v) is 17.4. The highest BCUT2D eigenvalue weighted by atomic mass is 32.2. The molecule has 1 fully saturated rings. The summed E-state index contributed by atoms with van der Waals surface area (Å²) in [6.45, 7) is 0. The lowest BCUT2D eigenvalue weighted by molar-refractivity contribution is -0.137. The zero-order chi connectivity index (χ0) is 22.9. The van der Waals surface area contributed by atoms with Gasteiger partial charge in [0.2, 0.25) is 16.0 Å². The third-order valence-electron chi connectivity index (χ3n) is 5.38. The normalized spacial score (nSPS) is 19.8. The fraction of sp³-hybridized carbons (Fsp3) is 0.350. The van der Waals surface area contributed by atoms with Crippen molar-refractivity contribution in [2.24, 2.45) is 0 Å². The van der Waals surface area contributed by atoms with Crippen LogP contribution in [0.25, 0.3) is 11.3 Å². The van der Waals surface area contributed by atoms with Crippen LogP contribution in [-0.4, -0.2) is 34.2 Å². The van der Waals surface area contributed by atoms with Gasteiger partial charge in [0, 0.05) is 17.6 Å². The summed E-state index contributed by atoms with van der Waals surface area (Å²) in [4.78, 5) is 3.02. The Morgan fingerprint density at radius 2 is 1.81 bits per heavy atom. The molecule has 0 amide bonds. The summed E-state index contributed by atoms with van der Waals surface area (Å²) >= 11 is 0. The minimum absolute atomic E-state index is 0.0139. The van der Waals surface area contributed by atoms with E-state index in [2.05, 4.69) is 19.9 Å². The summed E-state index contributed by atoms with van der Waals surface area (Å²) in [5, 5.41) is 7.51. The highest BCUT2D eigenvalue weighted by Gasteiger charge is 2.34. The molecule has 1 aliphatic rings. The highest BCUT2D eigenvalue weighted by Crippen LogP contribution is 2.35. The van der Waals surface area contributed by atoms with Crippen LogP contribution in [0.5, 0.6) is 0 Å². The van der Waals surface area contributed by atoms with Crippen LogP contribution in [0.2, 0.25) is 0 Å². The molecule has 0 bridgehead atoms. The van der Waals surface area contributed by atoms with Crippen molar-refractivity contribution in [3.63, 3.8) is 0 Å². The molecular formula is C20H19F4N5O2S. The van der Waals surface area contributed by atoms with Crippen LogP contribution < -0.4 is 4.72 Å². The number of pyridine rings is 1. The molecule has 12 heteroatoms. The van der Waals surface area contributed by atoms with Crippen LogP contribution in [0, 0.1) is 5.95 Å². The van der Waals surface area contributed by atoms with E-state index in [0.29, 0.717) is 18.9 Å². The van der Waals surface area contributed by atoms with Gasteiger partial charge in [-0.3, -0.25) is 0 Å². The van der Waals surface area contributed by atoms with Crippen LogP contribution in [0.1, 0.15) is 37.3 Å². The molecule has 0 radical (unpaired) electrons. The molecule has 1 aromatic carbocycles. The lowest BCUT2D eigenvalue weighted by Gasteiger charge is -2.30. The molecule has 2 aromatic heterocycles. The summed E-state index contributed by atoms with van der Waals surface area (Å²) in [5.74, 6) is -0.885. The van der Waals surface area contributed by atoms with E-state index in [-0.39, 0.29) is 17.3 Å². The molecule has 2 heterocycles. The van der Waals surface area contributed by atoms with Crippen LogP contribution in [0.15, 0.2) is 53.9 Å². The second-order valence-electron chi connectivity index (χ2n) is 7.64. The Bertz CT molecular complexity index is 1200. The fourth-order valence-electron chi connectivity index (χ4n) is 3.86. The van der Waals surface area contributed by atoms with E-state index in [0.717, 1.165) is 31.0 Å². The van der Waals surface area contributed by atoms with Gasteiger partial charge in [-0.15, -0.1) is 10.2 Å². The number of alkyl halides is 3. The van der Waals surface area contributed by atoms with Gasteiger partial charge in [-0.2, -0.15) is 17.6 Å². The molecule has 1 saturated carbocycles. The Hall–Kier alpha value is -2.86. The van der Waals surface area contributed by atoms with Gasteiger partial charge in [-0.05, 0) is 56.0 Å². The molecular weight excluding hydrogens is 450 g/mol. The van der Waals surface area contributed by atoms with Crippen molar-refractivity contribution >= 4 is 10.0 Å². The molecule has 1 aliphatic carbocycles. The quantitative estimate of drug-likeness (QED) is 0.451. The second-order valence-corrected chi connectivity index (χ2v) is 9.35. The van der Waals surface area contributed by atoms with E-state index in [4.69, 9.17) is 0 Å². The predicted molar refractivity (Wildman–Crippen MR) is 106 cm³/mol. The number of halogens is 4. The lowest BCUT2D eigenvalue weighted by Crippen LogP contribution is -2.38. The summed E-state index contributed by atoms with van der Waals surface area (Å²) in [6.07, 6.45) is 0.854. The van der Waals surface area contributed by atoms with Crippen LogP contribution in [0.4, 0.5) is 17.6 Å². The molecule has 32 heavy (non-hydrogen) atoms. The van der Waals surface area contributed by atoms with E-state index in [1.807, 2.05) is 0 Å². The van der Waals surface area contributed by atoms with Crippen molar-refractivity contribution < 1.29 is 26.0 Å². The summed E-state index contributed by atoms with van der Waals surface area (Å²) in [5.41, 5.74) is -1.41.